The Morgan fingerprint density at radius 1 is 0.923 bits per heavy atom. The van der Waals surface area contributed by atoms with Crippen LogP contribution in [0, 0.1) is 0 Å². The molecule has 138 valence electrons. The van der Waals surface area contributed by atoms with Crippen molar-refractivity contribution in [3.8, 4) is 0 Å². The molecule has 0 radical (unpaired) electrons. The van der Waals surface area contributed by atoms with Crippen molar-refractivity contribution in [3.05, 3.63) is 65.7 Å². The van der Waals surface area contributed by atoms with Gasteiger partial charge in [0.2, 0.25) is 0 Å². The summed E-state index contributed by atoms with van der Waals surface area (Å²) >= 11 is 0. The van der Waals surface area contributed by atoms with Gasteiger partial charge in [-0.25, -0.2) is 0 Å². The van der Waals surface area contributed by atoms with Crippen LogP contribution in [0.3, 0.4) is 0 Å². The van der Waals surface area contributed by atoms with Crippen LogP contribution in [0.25, 0.3) is 0 Å². The number of rotatable bonds is 11. The Kier molecular flexibility index (Phi) is 9.20. The molecule has 0 unspecified atom stereocenters. The lowest BCUT2D eigenvalue weighted by atomic mass is 10.1. The van der Waals surface area contributed by atoms with Gasteiger partial charge in [0, 0.05) is 18.3 Å². The van der Waals surface area contributed by atoms with E-state index < -0.39 is 0 Å². The maximum Gasteiger partial charge on any atom is 0.251 e. The van der Waals surface area contributed by atoms with E-state index in [4.69, 9.17) is 0 Å². The van der Waals surface area contributed by atoms with Gasteiger partial charge in [0.25, 0.3) is 5.91 Å². The van der Waals surface area contributed by atoms with Crippen LogP contribution in [0.2, 0.25) is 0 Å². The third-order valence-corrected chi connectivity index (χ3v) is 4.34. The van der Waals surface area contributed by atoms with Crippen molar-refractivity contribution in [1.29, 1.82) is 0 Å². The van der Waals surface area contributed by atoms with Gasteiger partial charge in [-0.15, -0.1) is 0 Å². The van der Waals surface area contributed by atoms with Gasteiger partial charge in [0.05, 0.1) is 5.69 Å². The molecule has 2 rings (SSSR count). The fourth-order valence-electron chi connectivity index (χ4n) is 2.80. The molecule has 0 aliphatic carbocycles. The first-order valence-electron chi connectivity index (χ1n) is 9.77. The number of benzene rings is 2. The van der Waals surface area contributed by atoms with Crippen LogP contribution in [0.5, 0.6) is 0 Å². The second-order valence-electron chi connectivity index (χ2n) is 6.60. The van der Waals surface area contributed by atoms with E-state index in [0.717, 1.165) is 24.2 Å². The topological polar surface area (TPSA) is 41.5 Å². The van der Waals surface area contributed by atoms with Crippen molar-refractivity contribution in [2.75, 3.05) is 6.54 Å². The average Bonchev–Trinajstić information content (AvgIpc) is 2.69. The zero-order chi connectivity index (χ0) is 18.5. The smallest absolute Gasteiger partial charge is 0.251 e. The minimum absolute atomic E-state index is 0.0206. The van der Waals surface area contributed by atoms with Crippen molar-refractivity contribution in [1.82, 2.24) is 5.32 Å². The maximum absolute atomic E-state index is 12.3. The van der Waals surface area contributed by atoms with Crippen molar-refractivity contribution in [2.45, 2.75) is 51.9 Å². The molecular weight excluding hydrogens is 320 g/mol. The monoisotopic (exact) mass is 350 g/mol. The highest BCUT2D eigenvalue weighted by molar-refractivity contribution is 5.95. The Bertz CT molecular complexity index is 680. The molecule has 2 aromatic rings. The van der Waals surface area contributed by atoms with Crippen LogP contribution in [-0.4, -0.2) is 18.7 Å². The summed E-state index contributed by atoms with van der Waals surface area (Å²) in [5.41, 5.74) is 2.49. The fourth-order valence-corrected chi connectivity index (χ4v) is 2.80. The molecule has 1 N–H and O–H groups in total. The highest BCUT2D eigenvalue weighted by atomic mass is 16.1. The summed E-state index contributed by atoms with van der Waals surface area (Å²) in [7, 11) is 0. The van der Waals surface area contributed by atoms with E-state index in [2.05, 4.69) is 17.2 Å². The molecule has 0 heterocycles. The minimum atomic E-state index is -0.0206. The summed E-state index contributed by atoms with van der Waals surface area (Å²) in [5.74, 6) is -0.0206. The summed E-state index contributed by atoms with van der Waals surface area (Å²) < 4.78 is 0. The van der Waals surface area contributed by atoms with E-state index >= 15 is 0 Å². The van der Waals surface area contributed by atoms with E-state index in [1.165, 1.54) is 38.5 Å². The van der Waals surface area contributed by atoms with Crippen molar-refractivity contribution in [3.63, 3.8) is 0 Å². The molecule has 0 aromatic heterocycles. The first-order valence-corrected chi connectivity index (χ1v) is 9.77. The normalized spacial score (nSPS) is 11.0. The summed E-state index contributed by atoms with van der Waals surface area (Å²) in [6, 6.07) is 17.4. The quantitative estimate of drug-likeness (QED) is 0.397. The van der Waals surface area contributed by atoms with Crippen molar-refractivity contribution < 1.29 is 4.79 Å². The van der Waals surface area contributed by atoms with Crippen LogP contribution in [0.4, 0.5) is 5.69 Å². The highest BCUT2D eigenvalue weighted by Gasteiger charge is 2.05. The summed E-state index contributed by atoms with van der Waals surface area (Å²) in [6.45, 7) is 2.97. The average molecular weight is 351 g/mol. The summed E-state index contributed by atoms with van der Waals surface area (Å²) in [4.78, 5) is 16.7. The molecule has 0 saturated heterocycles. The van der Waals surface area contributed by atoms with Gasteiger partial charge in [-0.05, 0) is 30.2 Å². The van der Waals surface area contributed by atoms with Gasteiger partial charge in [-0.2, -0.15) is 0 Å². The molecule has 26 heavy (non-hydrogen) atoms. The number of carbonyl (C=O) groups excluding carboxylic acids is 1. The van der Waals surface area contributed by atoms with Crippen LogP contribution < -0.4 is 5.32 Å². The maximum atomic E-state index is 12.3. The Balaban J connectivity index is 1.74. The van der Waals surface area contributed by atoms with Gasteiger partial charge >= 0.3 is 0 Å². The molecule has 0 aliphatic rings. The van der Waals surface area contributed by atoms with E-state index in [1.807, 2.05) is 60.8 Å². The molecule has 0 saturated carbocycles. The molecule has 0 spiro atoms. The third-order valence-electron chi connectivity index (χ3n) is 4.34. The molecule has 0 bridgehead atoms. The van der Waals surface area contributed by atoms with Crippen LogP contribution in [0.1, 0.15) is 67.8 Å². The molecule has 0 atom stereocenters. The van der Waals surface area contributed by atoms with Gasteiger partial charge in [-0.1, -0.05) is 81.8 Å². The van der Waals surface area contributed by atoms with Gasteiger partial charge in [0.1, 0.15) is 0 Å². The Hall–Kier alpha value is -2.42. The lowest BCUT2D eigenvalue weighted by molar-refractivity contribution is 0.0953. The van der Waals surface area contributed by atoms with Gasteiger partial charge in [-0.3, -0.25) is 9.79 Å². The number of unbranched alkanes of at least 4 members (excludes halogenated alkanes) is 6. The molecule has 0 aliphatic heterocycles. The second kappa shape index (κ2) is 12.0. The second-order valence-corrected chi connectivity index (χ2v) is 6.60. The molecular formula is C23H30N2O. The van der Waals surface area contributed by atoms with Gasteiger partial charge in [0.15, 0.2) is 0 Å². The third kappa shape index (κ3) is 7.64. The number of amides is 1. The fraction of sp³-hybridized carbons (Fsp3) is 0.391. The standard InChI is InChI=1S/C23H30N2O/c1-2-3-4-5-6-7-11-17-24-23(26)21-15-12-16-22(18-21)25-19-20-13-9-8-10-14-20/h8-10,12-16,18-19H,2-7,11,17H2,1H3,(H,24,26). The Morgan fingerprint density at radius 2 is 1.65 bits per heavy atom. The zero-order valence-corrected chi connectivity index (χ0v) is 15.8. The largest absolute Gasteiger partial charge is 0.352 e. The molecule has 3 heteroatoms. The van der Waals surface area contributed by atoms with E-state index in [0.29, 0.717) is 5.56 Å². The van der Waals surface area contributed by atoms with E-state index in [1.54, 1.807) is 0 Å². The predicted octanol–water partition coefficient (Wildman–Crippen LogP) is 5.92. The van der Waals surface area contributed by atoms with Crippen molar-refractivity contribution in [2.24, 2.45) is 4.99 Å². The number of nitrogens with zero attached hydrogens (tertiary/aromatic N) is 1. The number of carbonyl (C=O) groups is 1. The molecule has 0 fully saturated rings. The van der Waals surface area contributed by atoms with Crippen LogP contribution in [-0.2, 0) is 0 Å². The molecule has 2 aromatic carbocycles. The van der Waals surface area contributed by atoms with Crippen LogP contribution >= 0.6 is 0 Å². The first kappa shape index (κ1) is 19.9. The summed E-state index contributed by atoms with van der Waals surface area (Å²) in [5, 5.41) is 3.01. The lowest BCUT2D eigenvalue weighted by Gasteiger charge is -2.06. The highest BCUT2D eigenvalue weighted by Crippen LogP contribution is 2.14. The number of hydrogen-bond donors (Lipinski definition) is 1. The number of aliphatic imine (C=N–C) groups is 1. The molecule has 1 amide bonds. The molecule has 3 nitrogen and oxygen atoms in total. The Labute approximate surface area is 157 Å². The van der Waals surface area contributed by atoms with E-state index in [-0.39, 0.29) is 5.91 Å². The zero-order valence-electron chi connectivity index (χ0n) is 15.8. The predicted molar refractivity (Wildman–Crippen MR) is 110 cm³/mol. The lowest BCUT2D eigenvalue weighted by Crippen LogP contribution is -2.24. The van der Waals surface area contributed by atoms with E-state index in [9.17, 15) is 4.79 Å². The Morgan fingerprint density at radius 3 is 2.42 bits per heavy atom. The minimum Gasteiger partial charge on any atom is -0.352 e. The SMILES string of the molecule is CCCCCCCCCNC(=O)c1cccc(N=Cc2ccccc2)c1. The summed E-state index contributed by atoms with van der Waals surface area (Å²) in [6.07, 6.45) is 10.6. The number of nitrogens with one attached hydrogen (secondary N) is 1. The van der Waals surface area contributed by atoms with Gasteiger partial charge < -0.3 is 5.32 Å². The number of hydrogen-bond acceptors (Lipinski definition) is 2. The van der Waals surface area contributed by atoms with Crippen LogP contribution in [0.15, 0.2) is 59.6 Å². The van der Waals surface area contributed by atoms with Crippen molar-refractivity contribution >= 4 is 17.8 Å². The first-order chi connectivity index (χ1) is 12.8.